The van der Waals surface area contributed by atoms with Gasteiger partial charge in [0.15, 0.2) is 0 Å². The first kappa shape index (κ1) is 11.3. The van der Waals surface area contributed by atoms with Crippen molar-refractivity contribution in [3.8, 4) is 5.69 Å². The van der Waals surface area contributed by atoms with Crippen molar-refractivity contribution < 1.29 is 4.79 Å². The van der Waals surface area contributed by atoms with Gasteiger partial charge in [-0.2, -0.15) is 5.10 Å². The normalized spacial score (nSPS) is 10.3. The molecule has 94 valence electrons. The Morgan fingerprint density at radius 3 is 2.74 bits per heavy atom. The molecule has 0 spiro atoms. The van der Waals surface area contributed by atoms with Gasteiger partial charge in [0.25, 0.3) is 5.91 Å². The Balaban J connectivity index is 1.82. The van der Waals surface area contributed by atoms with E-state index in [1.165, 1.54) is 0 Å². The van der Waals surface area contributed by atoms with Crippen molar-refractivity contribution in [2.45, 2.75) is 0 Å². The molecule has 5 heteroatoms. The number of aromatic amines is 1. The molecule has 0 fully saturated rings. The molecule has 0 aliphatic rings. The third-order valence-corrected chi connectivity index (χ3v) is 2.75. The molecular formula is C14H12N4O. The Kier molecular flexibility index (Phi) is 2.86. The van der Waals surface area contributed by atoms with Crippen LogP contribution in [0.4, 0.5) is 5.69 Å². The molecule has 5 nitrogen and oxygen atoms in total. The SMILES string of the molecule is O=C(Nc1cccc(-n2cccc2)c1)c1ccn[nH]1. The lowest BCUT2D eigenvalue weighted by Crippen LogP contribution is -2.12. The van der Waals surface area contributed by atoms with E-state index >= 15 is 0 Å². The second kappa shape index (κ2) is 4.81. The molecule has 3 aromatic rings. The third-order valence-electron chi connectivity index (χ3n) is 2.75. The first-order chi connectivity index (χ1) is 9.33. The molecule has 0 aliphatic carbocycles. The molecule has 0 aliphatic heterocycles. The Labute approximate surface area is 109 Å². The van der Waals surface area contributed by atoms with Crippen molar-refractivity contribution in [3.63, 3.8) is 0 Å². The second-order valence-electron chi connectivity index (χ2n) is 4.07. The number of carbonyl (C=O) groups is 1. The average molecular weight is 252 g/mol. The van der Waals surface area contributed by atoms with E-state index in [-0.39, 0.29) is 5.91 Å². The number of anilines is 1. The van der Waals surface area contributed by atoms with Crippen LogP contribution in [0.25, 0.3) is 5.69 Å². The Morgan fingerprint density at radius 1 is 1.16 bits per heavy atom. The zero-order valence-corrected chi connectivity index (χ0v) is 10.1. The summed E-state index contributed by atoms with van der Waals surface area (Å²) >= 11 is 0. The lowest BCUT2D eigenvalue weighted by atomic mass is 10.2. The van der Waals surface area contributed by atoms with Crippen molar-refractivity contribution in [1.82, 2.24) is 14.8 Å². The average Bonchev–Trinajstić information content (AvgIpc) is 3.13. The summed E-state index contributed by atoms with van der Waals surface area (Å²) in [7, 11) is 0. The quantitative estimate of drug-likeness (QED) is 0.752. The molecule has 3 rings (SSSR count). The highest BCUT2D eigenvalue weighted by Gasteiger charge is 2.07. The molecule has 2 heterocycles. The number of rotatable bonds is 3. The van der Waals surface area contributed by atoms with Crippen molar-refractivity contribution in [2.75, 3.05) is 5.32 Å². The van der Waals surface area contributed by atoms with Gasteiger partial charge in [-0.15, -0.1) is 0 Å². The van der Waals surface area contributed by atoms with Gasteiger partial charge in [-0.1, -0.05) is 6.07 Å². The van der Waals surface area contributed by atoms with Gasteiger partial charge in [0.2, 0.25) is 0 Å². The van der Waals surface area contributed by atoms with E-state index in [2.05, 4.69) is 15.5 Å². The topological polar surface area (TPSA) is 62.7 Å². The number of nitrogens with zero attached hydrogens (tertiary/aromatic N) is 2. The second-order valence-corrected chi connectivity index (χ2v) is 4.07. The highest BCUT2D eigenvalue weighted by molar-refractivity contribution is 6.02. The zero-order chi connectivity index (χ0) is 13.1. The van der Waals surface area contributed by atoms with Crippen LogP contribution in [0.2, 0.25) is 0 Å². The number of carbonyl (C=O) groups excluding carboxylic acids is 1. The Morgan fingerprint density at radius 2 is 2.00 bits per heavy atom. The van der Waals surface area contributed by atoms with Crippen LogP contribution in [-0.4, -0.2) is 20.7 Å². The largest absolute Gasteiger partial charge is 0.324 e. The smallest absolute Gasteiger partial charge is 0.273 e. The van der Waals surface area contributed by atoms with Gasteiger partial charge < -0.3 is 9.88 Å². The number of H-pyrrole nitrogens is 1. The lowest BCUT2D eigenvalue weighted by molar-refractivity contribution is 0.102. The number of benzene rings is 1. The Bertz CT molecular complexity index is 671. The van der Waals surface area contributed by atoms with Crippen molar-refractivity contribution in [2.24, 2.45) is 0 Å². The predicted octanol–water partition coefficient (Wildman–Crippen LogP) is 2.45. The van der Waals surface area contributed by atoms with Crippen LogP contribution in [-0.2, 0) is 0 Å². The van der Waals surface area contributed by atoms with Crippen LogP contribution in [0.3, 0.4) is 0 Å². The molecule has 1 amide bonds. The van der Waals surface area contributed by atoms with Crippen LogP contribution in [0.5, 0.6) is 0 Å². The fraction of sp³-hybridized carbons (Fsp3) is 0. The van der Waals surface area contributed by atoms with Crippen molar-refractivity contribution >= 4 is 11.6 Å². The van der Waals surface area contributed by atoms with Gasteiger partial charge in [-0.25, -0.2) is 0 Å². The van der Waals surface area contributed by atoms with Crippen LogP contribution >= 0.6 is 0 Å². The number of amides is 1. The van der Waals surface area contributed by atoms with Crippen molar-refractivity contribution in [3.05, 3.63) is 66.7 Å². The van der Waals surface area contributed by atoms with Crippen LogP contribution in [0, 0.1) is 0 Å². The van der Waals surface area contributed by atoms with Crippen LogP contribution < -0.4 is 5.32 Å². The zero-order valence-electron chi connectivity index (χ0n) is 10.1. The summed E-state index contributed by atoms with van der Waals surface area (Å²) in [6.07, 6.45) is 5.46. The minimum atomic E-state index is -0.206. The fourth-order valence-electron chi connectivity index (χ4n) is 1.83. The van der Waals surface area contributed by atoms with Gasteiger partial charge in [0, 0.05) is 30.0 Å². The first-order valence-corrected chi connectivity index (χ1v) is 5.87. The molecule has 19 heavy (non-hydrogen) atoms. The maximum absolute atomic E-state index is 11.9. The van der Waals surface area contributed by atoms with Gasteiger partial charge in [0.1, 0.15) is 5.69 Å². The van der Waals surface area contributed by atoms with Crippen LogP contribution in [0.1, 0.15) is 10.5 Å². The Hall–Kier alpha value is -2.82. The van der Waals surface area contributed by atoms with Gasteiger partial charge in [-0.3, -0.25) is 9.89 Å². The number of nitrogens with one attached hydrogen (secondary N) is 2. The van der Waals surface area contributed by atoms with Crippen molar-refractivity contribution in [1.29, 1.82) is 0 Å². The summed E-state index contributed by atoms with van der Waals surface area (Å²) < 4.78 is 1.98. The molecule has 0 bridgehead atoms. The van der Waals surface area contributed by atoms with E-state index < -0.39 is 0 Å². The summed E-state index contributed by atoms with van der Waals surface area (Å²) in [4.78, 5) is 11.9. The van der Waals surface area contributed by atoms with E-state index in [0.717, 1.165) is 11.4 Å². The van der Waals surface area contributed by atoms with E-state index in [9.17, 15) is 4.79 Å². The highest BCUT2D eigenvalue weighted by Crippen LogP contribution is 2.15. The fourth-order valence-corrected chi connectivity index (χ4v) is 1.83. The summed E-state index contributed by atoms with van der Waals surface area (Å²) in [5.41, 5.74) is 2.17. The highest BCUT2D eigenvalue weighted by atomic mass is 16.1. The van der Waals surface area contributed by atoms with E-state index in [0.29, 0.717) is 5.69 Å². The summed E-state index contributed by atoms with van der Waals surface area (Å²) in [5, 5.41) is 9.21. The maximum atomic E-state index is 11.9. The lowest BCUT2D eigenvalue weighted by Gasteiger charge is -2.07. The van der Waals surface area contributed by atoms with E-state index in [1.54, 1.807) is 12.3 Å². The molecule has 2 N–H and O–H groups in total. The summed E-state index contributed by atoms with van der Waals surface area (Å²) in [6, 6.07) is 13.2. The molecule has 0 saturated carbocycles. The number of aromatic nitrogens is 3. The van der Waals surface area contributed by atoms with Gasteiger partial charge in [0.05, 0.1) is 0 Å². The summed E-state index contributed by atoms with van der Waals surface area (Å²) in [5.74, 6) is -0.206. The minimum absolute atomic E-state index is 0.206. The van der Waals surface area contributed by atoms with Crippen LogP contribution in [0.15, 0.2) is 61.1 Å². The number of hydrogen-bond acceptors (Lipinski definition) is 2. The molecular weight excluding hydrogens is 240 g/mol. The molecule has 0 radical (unpaired) electrons. The van der Waals surface area contributed by atoms with E-state index in [4.69, 9.17) is 0 Å². The van der Waals surface area contributed by atoms with E-state index in [1.807, 2.05) is 53.4 Å². The summed E-state index contributed by atoms with van der Waals surface area (Å²) in [6.45, 7) is 0. The standard InChI is InChI=1S/C14H12N4O/c19-14(13-6-7-15-17-13)16-11-4-3-5-12(10-11)18-8-1-2-9-18/h1-10H,(H,15,17)(H,16,19). The molecule has 1 aromatic carbocycles. The minimum Gasteiger partial charge on any atom is -0.324 e. The molecule has 0 atom stereocenters. The predicted molar refractivity (Wildman–Crippen MR) is 72.3 cm³/mol. The van der Waals surface area contributed by atoms with Gasteiger partial charge in [-0.05, 0) is 36.4 Å². The third kappa shape index (κ3) is 2.40. The molecule has 0 unspecified atom stereocenters. The molecule has 0 saturated heterocycles. The van der Waals surface area contributed by atoms with Gasteiger partial charge >= 0.3 is 0 Å². The monoisotopic (exact) mass is 252 g/mol. The maximum Gasteiger partial charge on any atom is 0.273 e. The number of hydrogen-bond donors (Lipinski definition) is 2. The molecule has 2 aromatic heterocycles. The first-order valence-electron chi connectivity index (χ1n) is 5.87.